The number of benzene rings is 1. The third kappa shape index (κ3) is 4.58. The zero-order valence-electron chi connectivity index (χ0n) is 15.7. The molecule has 0 radical (unpaired) electrons. The largest absolute Gasteiger partial charge is 0.506 e. The molecule has 1 aromatic carbocycles. The molecule has 0 amide bonds. The molecule has 6 heteroatoms. The van der Waals surface area contributed by atoms with Crippen LogP contribution in [0.3, 0.4) is 0 Å². The van der Waals surface area contributed by atoms with Crippen LogP contribution in [0.1, 0.15) is 52.4 Å². The summed E-state index contributed by atoms with van der Waals surface area (Å²) >= 11 is 0. The number of nitrogens with one attached hydrogen (secondary N) is 1. The molecule has 0 aromatic heterocycles. The molecule has 1 aliphatic carbocycles. The lowest BCUT2D eigenvalue weighted by Crippen LogP contribution is -2.53. The standard InChI is InChI=1S/C20H30F2N2O2/c1-14-5-9-20(2,10-6-14)24-11-7-15(8-12-24)23-17-13-16(26-19(21)22)3-4-18(17)25/h3-4,13-15,19,23,25H,5-12H2,1-2H3. The van der Waals surface area contributed by atoms with Crippen LogP contribution in [-0.2, 0) is 0 Å². The van der Waals surface area contributed by atoms with Crippen molar-refractivity contribution in [1.82, 2.24) is 4.90 Å². The van der Waals surface area contributed by atoms with Crippen LogP contribution in [0, 0.1) is 5.92 Å². The molecule has 2 fully saturated rings. The quantitative estimate of drug-likeness (QED) is 0.730. The number of phenols is 1. The van der Waals surface area contributed by atoms with Gasteiger partial charge in [0, 0.05) is 30.7 Å². The van der Waals surface area contributed by atoms with Crippen molar-refractivity contribution in [2.24, 2.45) is 5.92 Å². The molecule has 1 aromatic rings. The van der Waals surface area contributed by atoms with E-state index in [9.17, 15) is 13.9 Å². The molecular formula is C20H30F2N2O2. The van der Waals surface area contributed by atoms with Gasteiger partial charge >= 0.3 is 6.61 Å². The number of piperidine rings is 1. The monoisotopic (exact) mass is 368 g/mol. The number of aromatic hydroxyl groups is 1. The fourth-order valence-corrected chi connectivity index (χ4v) is 4.29. The lowest BCUT2D eigenvalue weighted by Gasteiger charge is -2.48. The summed E-state index contributed by atoms with van der Waals surface area (Å²) in [6.45, 7) is 3.92. The minimum absolute atomic E-state index is 0.0570. The van der Waals surface area contributed by atoms with E-state index in [0.717, 1.165) is 31.8 Å². The number of phenolic OH excluding ortho intramolecular Hbond substituents is 1. The van der Waals surface area contributed by atoms with Gasteiger partial charge in [0.2, 0.25) is 0 Å². The van der Waals surface area contributed by atoms with E-state index in [0.29, 0.717) is 11.2 Å². The number of ether oxygens (including phenoxy) is 1. The van der Waals surface area contributed by atoms with Crippen LogP contribution in [0.5, 0.6) is 11.5 Å². The Hall–Kier alpha value is -1.56. The number of alkyl halides is 2. The van der Waals surface area contributed by atoms with Crippen molar-refractivity contribution >= 4 is 5.69 Å². The van der Waals surface area contributed by atoms with Crippen LogP contribution in [0.25, 0.3) is 0 Å². The number of anilines is 1. The van der Waals surface area contributed by atoms with Gasteiger partial charge in [0.1, 0.15) is 11.5 Å². The highest BCUT2D eigenvalue weighted by Crippen LogP contribution is 2.38. The highest BCUT2D eigenvalue weighted by Gasteiger charge is 2.37. The van der Waals surface area contributed by atoms with E-state index in [-0.39, 0.29) is 17.5 Å². The molecule has 2 N–H and O–H groups in total. The van der Waals surface area contributed by atoms with Gasteiger partial charge in [-0.3, -0.25) is 4.90 Å². The smallest absolute Gasteiger partial charge is 0.387 e. The molecule has 1 aliphatic heterocycles. The van der Waals surface area contributed by atoms with Gasteiger partial charge < -0.3 is 15.2 Å². The van der Waals surface area contributed by atoms with E-state index < -0.39 is 6.61 Å². The number of hydrogen-bond acceptors (Lipinski definition) is 4. The van der Waals surface area contributed by atoms with Crippen LogP contribution in [0.4, 0.5) is 14.5 Å². The number of rotatable bonds is 5. The first-order chi connectivity index (χ1) is 12.4. The SMILES string of the molecule is CC1CCC(C)(N2CCC(Nc3cc(OC(F)F)ccc3O)CC2)CC1. The second kappa shape index (κ2) is 7.99. The molecule has 1 heterocycles. The van der Waals surface area contributed by atoms with E-state index in [4.69, 9.17) is 0 Å². The Bertz CT molecular complexity index is 595. The molecule has 1 saturated carbocycles. The van der Waals surface area contributed by atoms with Gasteiger partial charge in [-0.25, -0.2) is 0 Å². The van der Waals surface area contributed by atoms with E-state index in [2.05, 4.69) is 28.8 Å². The highest BCUT2D eigenvalue weighted by atomic mass is 19.3. The summed E-state index contributed by atoms with van der Waals surface area (Å²) in [4.78, 5) is 2.62. The third-order valence-electron chi connectivity index (χ3n) is 6.16. The van der Waals surface area contributed by atoms with Crippen LogP contribution >= 0.6 is 0 Å². The molecule has 26 heavy (non-hydrogen) atoms. The zero-order chi connectivity index (χ0) is 18.7. The lowest BCUT2D eigenvalue weighted by molar-refractivity contribution is -0.0498. The minimum atomic E-state index is -2.87. The number of halogens is 2. The minimum Gasteiger partial charge on any atom is -0.506 e. The first kappa shape index (κ1) is 19.2. The maximum Gasteiger partial charge on any atom is 0.387 e. The molecular weight excluding hydrogens is 338 g/mol. The van der Waals surface area contributed by atoms with Gasteiger partial charge in [0.25, 0.3) is 0 Å². The second-order valence-electron chi connectivity index (χ2n) is 8.14. The zero-order valence-corrected chi connectivity index (χ0v) is 15.7. The topological polar surface area (TPSA) is 44.7 Å². The molecule has 0 spiro atoms. The van der Waals surface area contributed by atoms with E-state index >= 15 is 0 Å². The first-order valence-electron chi connectivity index (χ1n) is 9.65. The molecule has 2 aliphatic rings. The average Bonchev–Trinajstić information content (AvgIpc) is 2.61. The highest BCUT2D eigenvalue weighted by molar-refractivity contribution is 5.59. The molecule has 3 rings (SSSR count). The molecule has 0 unspecified atom stereocenters. The number of likely N-dealkylation sites (tertiary alicyclic amines) is 1. The summed E-state index contributed by atoms with van der Waals surface area (Å²) in [5.74, 6) is 0.955. The van der Waals surface area contributed by atoms with Gasteiger partial charge in [-0.2, -0.15) is 8.78 Å². The molecule has 0 atom stereocenters. The van der Waals surface area contributed by atoms with E-state index in [1.807, 2.05) is 0 Å². The number of hydrogen-bond donors (Lipinski definition) is 2. The van der Waals surface area contributed by atoms with Crippen LogP contribution in [-0.4, -0.2) is 41.3 Å². The molecule has 1 saturated heterocycles. The van der Waals surface area contributed by atoms with Crippen LogP contribution < -0.4 is 10.1 Å². The van der Waals surface area contributed by atoms with Crippen LogP contribution in [0.2, 0.25) is 0 Å². The summed E-state index contributed by atoms with van der Waals surface area (Å²) in [6.07, 6.45) is 7.09. The first-order valence-corrected chi connectivity index (χ1v) is 9.65. The molecule has 146 valence electrons. The Morgan fingerprint density at radius 3 is 2.46 bits per heavy atom. The van der Waals surface area contributed by atoms with Crippen molar-refractivity contribution in [2.45, 2.75) is 70.6 Å². The lowest BCUT2D eigenvalue weighted by atomic mass is 9.76. The summed E-state index contributed by atoms with van der Waals surface area (Å²) in [7, 11) is 0. The van der Waals surface area contributed by atoms with E-state index in [1.54, 1.807) is 0 Å². The van der Waals surface area contributed by atoms with Crippen molar-refractivity contribution in [3.8, 4) is 11.5 Å². The van der Waals surface area contributed by atoms with Crippen molar-refractivity contribution < 1.29 is 18.6 Å². The van der Waals surface area contributed by atoms with Crippen molar-refractivity contribution in [3.05, 3.63) is 18.2 Å². The molecule has 0 bridgehead atoms. The normalized spacial score (nSPS) is 28.3. The fourth-order valence-electron chi connectivity index (χ4n) is 4.29. The Morgan fingerprint density at radius 1 is 1.19 bits per heavy atom. The summed E-state index contributed by atoms with van der Waals surface area (Å²) in [5.41, 5.74) is 0.768. The van der Waals surface area contributed by atoms with Crippen molar-refractivity contribution in [2.75, 3.05) is 18.4 Å². The Balaban J connectivity index is 1.56. The number of nitrogens with zero attached hydrogens (tertiary/aromatic N) is 1. The van der Waals surface area contributed by atoms with Crippen molar-refractivity contribution in [3.63, 3.8) is 0 Å². The van der Waals surface area contributed by atoms with Gasteiger partial charge in [-0.05, 0) is 63.5 Å². The maximum absolute atomic E-state index is 12.4. The predicted molar refractivity (Wildman–Crippen MR) is 99.0 cm³/mol. The summed E-state index contributed by atoms with van der Waals surface area (Å²) in [6, 6.07) is 4.40. The van der Waals surface area contributed by atoms with Gasteiger partial charge in [-0.15, -0.1) is 0 Å². The maximum atomic E-state index is 12.4. The average molecular weight is 368 g/mol. The van der Waals surface area contributed by atoms with E-state index in [1.165, 1.54) is 43.9 Å². The van der Waals surface area contributed by atoms with Gasteiger partial charge in [0.15, 0.2) is 0 Å². The van der Waals surface area contributed by atoms with Gasteiger partial charge in [-0.1, -0.05) is 6.92 Å². The Kier molecular flexibility index (Phi) is 5.90. The summed E-state index contributed by atoms with van der Waals surface area (Å²) < 4.78 is 29.2. The Labute approximate surface area is 154 Å². The Morgan fingerprint density at radius 2 is 1.85 bits per heavy atom. The van der Waals surface area contributed by atoms with Crippen molar-refractivity contribution in [1.29, 1.82) is 0 Å². The second-order valence-corrected chi connectivity index (χ2v) is 8.14. The predicted octanol–water partition coefficient (Wildman–Crippen LogP) is 4.84. The molecule has 4 nitrogen and oxygen atoms in total. The third-order valence-corrected chi connectivity index (χ3v) is 6.16. The van der Waals surface area contributed by atoms with Gasteiger partial charge in [0.05, 0.1) is 5.69 Å². The fraction of sp³-hybridized carbons (Fsp3) is 0.700. The van der Waals surface area contributed by atoms with Crippen LogP contribution in [0.15, 0.2) is 18.2 Å². The summed E-state index contributed by atoms with van der Waals surface area (Å²) in [5, 5.41) is 13.3.